The number of rotatable bonds is 7. The molecule has 0 saturated heterocycles. The molecule has 0 aliphatic carbocycles. The number of furan rings is 1. The number of hydrogen-bond acceptors (Lipinski definition) is 3. The maximum atomic E-state index is 13.0. The van der Waals surface area contributed by atoms with E-state index in [-0.39, 0.29) is 30.9 Å². The maximum absolute atomic E-state index is 13.0. The van der Waals surface area contributed by atoms with Gasteiger partial charge in [-0.2, -0.15) is 0 Å². The first kappa shape index (κ1) is 18.5. The number of hydrogen-bond donors (Lipinski definition) is 2. The minimum absolute atomic E-state index is 0.122. The molecule has 1 heterocycles. The van der Waals surface area contributed by atoms with Crippen LogP contribution in [-0.2, 0) is 11.3 Å². The summed E-state index contributed by atoms with van der Waals surface area (Å²) in [6.07, 6.45) is 1.52. The van der Waals surface area contributed by atoms with E-state index in [9.17, 15) is 14.0 Å². The number of urea groups is 1. The molecule has 25 heavy (non-hydrogen) atoms. The lowest BCUT2D eigenvalue weighted by atomic mass is 10.1. The Morgan fingerprint density at radius 3 is 2.52 bits per heavy atom. The largest absolute Gasteiger partial charge is 0.467 e. The summed E-state index contributed by atoms with van der Waals surface area (Å²) in [4.78, 5) is 25.8. The minimum atomic E-state index is -0.449. The number of nitrogens with one attached hydrogen (secondary N) is 2. The van der Waals surface area contributed by atoms with Crippen molar-refractivity contribution in [3.05, 3.63) is 59.8 Å². The van der Waals surface area contributed by atoms with Crippen LogP contribution in [0.3, 0.4) is 0 Å². The molecule has 0 unspecified atom stereocenters. The fraction of sp³-hybridized carbons (Fsp3) is 0.333. The van der Waals surface area contributed by atoms with Crippen molar-refractivity contribution in [1.29, 1.82) is 0 Å². The number of likely N-dealkylation sites (N-methyl/N-ethyl adjacent to an activating group) is 1. The van der Waals surface area contributed by atoms with Gasteiger partial charge in [-0.05, 0) is 43.7 Å². The Bertz CT molecular complexity index is 686. The zero-order valence-electron chi connectivity index (χ0n) is 14.3. The van der Waals surface area contributed by atoms with E-state index >= 15 is 0 Å². The summed E-state index contributed by atoms with van der Waals surface area (Å²) in [6.45, 7) is 4.33. The highest BCUT2D eigenvalue weighted by atomic mass is 19.1. The molecule has 0 aliphatic rings. The van der Waals surface area contributed by atoms with Gasteiger partial charge in [0.2, 0.25) is 5.91 Å². The fourth-order valence-corrected chi connectivity index (χ4v) is 2.49. The molecular formula is C18H22FN3O3. The van der Waals surface area contributed by atoms with Crippen LogP contribution in [0.4, 0.5) is 9.18 Å². The zero-order chi connectivity index (χ0) is 18.2. The predicted octanol–water partition coefficient (Wildman–Crippen LogP) is 2.83. The van der Waals surface area contributed by atoms with Gasteiger partial charge in [-0.25, -0.2) is 9.18 Å². The van der Waals surface area contributed by atoms with Gasteiger partial charge in [-0.15, -0.1) is 0 Å². The summed E-state index contributed by atoms with van der Waals surface area (Å²) >= 11 is 0. The molecule has 2 N–H and O–H groups in total. The fourth-order valence-electron chi connectivity index (χ4n) is 2.49. The van der Waals surface area contributed by atoms with Crippen LogP contribution in [0.25, 0.3) is 0 Å². The molecule has 3 amide bonds. The van der Waals surface area contributed by atoms with E-state index in [0.29, 0.717) is 12.3 Å². The van der Waals surface area contributed by atoms with Crippen LogP contribution in [0, 0.1) is 5.82 Å². The van der Waals surface area contributed by atoms with Crippen molar-refractivity contribution in [2.75, 3.05) is 13.1 Å². The van der Waals surface area contributed by atoms with Gasteiger partial charge in [0.25, 0.3) is 0 Å². The topological polar surface area (TPSA) is 74.6 Å². The van der Waals surface area contributed by atoms with Crippen molar-refractivity contribution < 1.29 is 18.4 Å². The lowest BCUT2D eigenvalue weighted by Crippen LogP contribution is -2.44. The molecule has 134 valence electrons. The third kappa shape index (κ3) is 5.34. The van der Waals surface area contributed by atoms with E-state index in [0.717, 1.165) is 5.56 Å². The Labute approximate surface area is 146 Å². The molecule has 1 aromatic heterocycles. The number of amides is 3. The Hall–Kier alpha value is -2.83. The third-order valence-corrected chi connectivity index (χ3v) is 3.88. The van der Waals surface area contributed by atoms with Crippen molar-refractivity contribution in [3.8, 4) is 0 Å². The van der Waals surface area contributed by atoms with Crippen LogP contribution < -0.4 is 10.6 Å². The highest BCUT2D eigenvalue weighted by Gasteiger charge is 2.20. The lowest BCUT2D eigenvalue weighted by Gasteiger charge is -2.28. The van der Waals surface area contributed by atoms with Gasteiger partial charge >= 0.3 is 6.03 Å². The second kappa shape index (κ2) is 8.86. The standard InChI is InChI=1S/C18H22FN3O3/c1-3-22(13(2)14-6-8-15(19)9-7-14)17(23)12-21-18(24)20-11-16-5-4-10-25-16/h4-10,13H,3,11-12H2,1-2H3,(H2,20,21,24)/t13-/m1/s1. The van der Waals surface area contributed by atoms with Crippen LogP contribution in [0.1, 0.15) is 31.2 Å². The number of carbonyl (C=O) groups excluding carboxylic acids is 2. The summed E-state index contributed by atoms with van der Waals surface area (Å²) in [5.41, 5.74) is 0.832. The van der Waals surface area contributed by atoms with Crippen LogP contribution in [0.15, 0.2) is 47.1 Å². The van der Waals surface area contributed by atoms with E-state index in [1.54, 1.807) is 29.2 Å². The van der Waals surface area contributed by atoms with Crippen molar-refractivity contribution in [2.45, 2.75) is 26.4 Å². The first-order chi connectivity index (χ1) is 12.0. The summed E-state index contributed by atoms with van der Waals surface area (Å²) in [5, 5.41) is 5.14. The molecule has 2 rings (SSSR count). The Balaban J connectivity index is 1.84. The Morgan fingerprint density at radius 1 is 1.20 bits per heavy atom. The van der Waals surface area contributed by atoms with E-state index in [2.05, 4.69) is 10.6 Å². The van der Waals surface area contributed by atoms with Crippen molar-refractivity contribution in [3.63, 3.8) is 0 Å². The van der Waals surface area contributed by atoms with E-state index in [4.69, 9.17) is 4.42 Å². The highest BCUT2D eigenvalue weighted by molar-refractivity contribution is 5.84. The van der Waals surface area contributed by atoms with E-state index in [1.165, 1.54) is 18.4 Å². The molecule has 0 bridgehead atoms. The number of carbonyl (C=O) groups is 2. The van der Waals surface area contributed by atoms with Crippen molar-refractivity contribution in [1.82, 2.24) is 15.5 Å². The van der Waals surface area contributed by atoms with E-state index in [1.807, 2.05) is 13.8 Å². The quantitative estimate of drug-likeness (QED) is 0.809. The second-order valence-corrected chi connectivity index (χ2v) is 5.52. The SMILES string of the molecule is CCN(C(=O)CNC(=O)NCc1ccco1)[C@H](C)c1ccc(F)cc1. The van der Waals surface area contributed by atoms with Crippen LogP contribution in [-0.4, -0.2) is 29.9 Å². The first-order valence-corrected chi connectivity index (χ1v) is 8.10. The summed E-state index contributed by atoms with van der Waals surface area (Å²) in [7, 11) is 0. The first-order valence-electron chi connectivity index (χ1n) is 8.10. The molecule has 1 aromatic carbocycles. The van der Waals surface area contributed by atoms with Crippen molar-refractivity contribution in [2.24, 2.45) is 0 Å². The molecule has 0 spiro atoms. The summed E-state index contributed by atoms with van der Waals surface area (Å²) < 4.78 is 18.1. The monoisotopic (exact) mass is 347 g/mol. The normalized spacial score (nSPS) is 11.6. The van der Waals surface area contributed by atoms with Gasteiger partial charge in [-0.3, -0.25) is 4.79 Å². The van der Waals surface area contributed by atoms with Crippen LogP contribution in [0.2, 0.25) is 0 Å². The van der Waals surface area contributed by atoms with Gasteiger partial charge in [-0.1, -0.05) is 12.1 Å². The third-order valence-electron chi connectivity index (χ3n) is 3.88. The van der Waals surface area contributed by atoms with Crippen molar-refractivity contribution >= 4 is 11.9 Å². The average molecular weight is 347 g/mol. The Kier molecular flexibility index (Phi) is 6.56. The Morgan fingerprint density at radius 2 is 1.92 bits per heavy atom. The zero-order valence-corrected chi connectivity index (χ0v) is 14.3. The molecule has 2 aromatic rings. The van der Waals surface area contributed by atoms with Gasteiger partial charge in [0.15, 0.2) is 0 Å². The minimum Gasteiger partial charge on any atom is -0.467 e. The van der Waals surface area contributed by atoms with Gasteiger partial charge in [0.05, 0.1) is 25.4 Å². The maximum Gasteiger partial charge on any atom is 0.315 e. The highest BCUT2D eigenvalue weighted by Crippen LogP contribution is 2.20. The molecule has 0 aliphatic heterocycles. The predicted molar refractivity (Wildman–Crippen MR) is 91.1 cm³/mol. The molecule has 0 saturated carbocycles. The van der Waals surface area contributed by atoms with Gasteiger partial charge < -0.3 is 20.0 Å². The average Bonchev–Trinajstić information content (AvgIpc) is 3.13. The van der Waals surface area contributed by atoms with Gasteiger partial charge in [0, 0.05) is 6.54 Å². The van der Waals surface area contributed by atoms with Crippen LogP contribution in [0.5, 0.6) is 0 Å². The molecule has 0 radical (unpaired) electrons. The molecule has 1 atom stereocenters. The molecule has 7 heteroatoms. The summed E-state index contributed by atoms with van der Waals surface area (Å²) in [6, 6.07) is 8.85. The smallest absolute Gasteiger partial charge is 0.315 e. The number of halogens is 1. The summed E-state index contributed by atoms with van der Waals surface area (Å²) in [5.74, 6) is 0.0919. The molecular weight excluding hydrogens is 325 g/mol. The number of nitrogens with zero attached hydrogens (tertiary/aromatic N) is 1. The molecule has 6 nitrogen and oxygen atoms in total. The van der Waals surface area contributed by atoms with Gasteiger partial charge in [0.1, 0.15) is 11.6 Å². The second-order valence-electron chi connectivity index (χ2n) is 5.52. The van der Waals surface area contributed by atoms with Crippen LogP contribution >= 0.6 is 0 Å². The number of benzene rings is 1. The molecule has 0 fully saturated rings. The lowest BCUT2D eigenvalue weighted by molar-refractivity contribution is -0.132. The van der Waals surface area contributed by atoms with E-state index < -0.39 is 6.03 Å².